The maximum Gasteiger partial charge on any atom is 0.325 e. The van der Waals surface area contributed by atoms with E-state index in [1.165, 1.54) is 48.6 Å². The summed E-state index contributed by atoms with van der Waals surface area (Å²) in [6.07, 6.45) is 2.59. The molecule has 0 saturated carbocycles. The lowest BCUT2D eigenvalue weighted by molar-refractivity contribution is 0.443. The van der Waals surface area contributed by atoms with Gasteiger partial charge in [-0.2, -0.15) is 36.8 Å². The van der Waals surface area contributed by atoms with E-state index in [4.69, 9.17) is 9.47 Å². The molecule has 16 nitrogen and oxygen atoms in total. The molecule has 6 N–H and O–H groups in total. The normalized spacial score (nSPS) is 11.5. The number of ether oxygens (including phenoxy) is 2. The molecule has 8 rings (SSSR count). The van der Waals surface area contributed by atoms with E-state index in [2.05, 4.69) is 41.2 Å². The molecule has 0 aliphatic heterocycles. The largest absolute Gasteiger partial charge is 0.424 e. The van der Waals surface area contributed by atoms with Crippen LogP contribution < -0.4 is 30.7 Å². The Kier molecular flexibility index (Phi) is 12.5. The third kappa shape index (κ3) is 11.4. The maximum atomic E-state index is 12.8. The van der Waals surface area contributed by atoms with Gasteiger partial charge >= 0.3 is 12.0 Å². The van der Waals surface area contributed by atoms with E-state index in [1.54, 1.807) is 60.7 Å². The number of aromatic nitrogens is 4. The Morgan fingerprint density at radius 3 is 1.03 bits per heavy atom. The van der Waals surface area contributed by atoms with Crippen LogP contribution in [0.3, 0.4) is 0 Å². The summed E-state index contributed by atoms with van der Waals surface area (Å²) < 4.78 is 83.5. The lowest BCUT2D eigenvalue weighted by Crippen LogP contribution is -2.05. The van der Waals surface area contributed by atoms with Crippen molar-refractivity contribution in [2.45, 2.75) is 9.79 Å². The van der Waals surface area contributed by atoms with E-state index in [1.807, 2.05) is 72.8 Å². The van der Waals surface area contributed by atoms with Gasteiger partial charge in [-0.15, -0.1) is 0 Å². The Hall–Kier alpha value is -8.16. The molecule has 0 radical (unpaired) electrons. The summed E-state index contributed by atoms with van der Waals surface area (Å²) in [5.74, 6) is 2.14. The van der Waals surface area contributed by atoms with Crippen LogP contribution in [0.2, 0.25) is 0 Å². The minimum atomic E-state index is -4.84. The molecule has 0 fully saturated rings. The molecular weight excluding hydrogens is 857 g/mol. The second kappa shape index (κ2) is 18.8. The highest BCUT2D eigenvalue weighted by Gasteiger charge is 2.19. The summed E-state index contributed by atoms with van der Waals surface area (Å²) in [5, 5.41) is 12.5. The lowest BCUT2D eigenvalue weighted by Gasteiger charge is -2.13. The third-order valence-electron chi connectivity index (χ3n) is 8.98. The van der Waals surface area contributed by atoms with Crippen molar-refractivity contribution in [2.75, 3.05) is 21.3 Å². The van der Waals surface area contributed by atoms with Gasteiger partial charge < -0.3 is 30.7 Å². The highest BCUT2D eigenvalue weighted by atomic mass is 32.2. The fourth-order valence-corrected chi connectivity index (χ4v) is 7.57. The van der Waals surface area contributed by atoms with Gasteiger partial charge in [0.2, 0.25) is 0 Å². The number of benzene rings is 6. The molecule has 0 atom stereocenters. The predicted molar refractivity (Wildman–Crippen MR) is 245 cm³/mol. The first-order valence-corrected chi connectivity index (χ1v) is 22.1. The van der Waals surface area contributed by atoms with E-state index < -0.39 is 30.0 Å². The lowest BCUT2D eigenvalue weighted by atomic mass is 10.1. The van der Waals surface area contributed by atoms with Crippen LogP contribution in [0, 0.1) is 0 Å². The summed E-state index contributed by atoms with van der Waals surface area (Å²) in [6.45, 7) is 0. The van der Waals surface area contributed by atoms with Gasteiger partial charge in [-0.25, -0.2) is 0 Å². The van der Waals surface area contributed by atoms with Crippen molar-refractivity contribution in [1.29, 1.82) is 0 Å². The van der Waals surface area contributed by atoms with E-state index in [0.717, 1.165) is 11.4 Å². The van der Waals surface area contributed by atoms with Gasteiger partial charge in [-0.1, -0.05) is 97.1 Å². The first-order chi connectivity index (χ1) is 30.9. The van der Waals surface area contributed by atoms with Crippen molar-refractivity contribution in [3.8, 4) is 23.5 Å². The van der Waals surface area contributed by atoms with Crippen LogP contribution in [0.4, 0.5) is 46.0 Å². The Labute approximate surface area is 367 Å². The maximum absolute atomic E-state index is 12.8. The standard InChI is InChI=1S/C46H36N8O8S2/c55-63(56,57)39-27-35(49-43-29-41(47-33-13-5-1-6-14-33)51-45(53-43)61-37-17-9-3-10-18-37)25-23-31(39)21-22-32-24-26-36(28-40(32)64(58,59)60)50-44-30-42(48-34-15-7-2-8-16-34)52-46(54-44)62-38-19-11-4-12-20-38/h1-30H,(H,55,56,57)(H,58,59,60)(H2,47,49,51,53)(H2,48,50,52,54)/b22-21+. The van der Waals surface area contributed by atoms with E-state index in [-0.39, 0.29) is 46.2 Å². The first kappa shape index (κ1) is 42.5. The number of hydrogen-bond donors (Lipinski definition) is 6. The van der Waals surface area contributed by atoms with Crippen LogP contribution in [0.25, 0.3) is 12.2 Å². The van der Waals surface area contributed by atoms with Crippen molar-refractivity contribution >= 4 is 78.4 Å². The number of hydrogen-bond acceptors (Lipinski definition) is 14. The van der Waals surface area contributed by atoms with Gasteiger partial charge in [-0.05, 0) is 83.9 Å². The molecule has 0 aliphatic rings. The van der Waals surface area contributed by atoms with Gasteiger partial charge in [0.15, 0.2) is 0 Å². The topological polar surface area (TPSA) is 227 Å². The van der Waals surface area contributed by atoms with Gasteiger partial charge in [0.05, 0.1) is 0 Å². The summed E-state index contributed by atoms with van der Waals surface area (Å²) in [6, 6.07) is 47.8. The van der Waals surface area contributed by atoms with Crippen molar-refractivity contribution < 1.29 is 35.4 Å². The van der Waals surface area contributed by atoms with Crippen LogP contribution >= 0.6 is 0 Å². The zero-order valence-electron chi connectivity index (χ0n) is 33.3. The smallest absolute Gasteiger partial charge is 0.325 e. The Bertz CT molecular complexity index is 2840. The van der Waals surface area contributed by atoms with Crippen molar-refractivity contribution in [3.05, 3.63) is 181 Å². The van der Waals surface area contributed by atoms with E-state index in [9.17, 15) is 25.9 Å². The molecule has 0 unspecified atom stereocenters. The summed E-state index contributed by atoms with van der Waals surface area (Å²) in [5.41, 5.74) is 1.93. The molecule has 2 heterocycles. The molecule has 0 amide bonds. The Morgan fingerprint density at radius 2 is 0.703 bits per heavy atom. The zero-order valence-corrected chi connectivity index (χ0v) is 34.9. The highest BCUT2D eigenvalue weighted by Crippen LogP contribution is 2.31. The summed E-state index contributed by atoms with van der Waals surface area (Å²) in [4.78, 5) is 16.8. The number of anilines is 8. The predicted octanol–water partition coefficient (Wildman–Crippen LogP) is 10.5. The quantitative estimate of drug-likeness (QED) is 0.0392. The van der Waals surface area contributed by atoms with E-state index >= 15 is 0 Å². The van der Waals surface area contributed by atoms with E-state index in [0.29, 0.717) is 23.1 Å². The van der Waals surface area contributed by atoms with Gasteiger partial charge in [0.25, 0.3) is 20.2 Å². The fourth-order valence-electron chi connectivity index (χ4n) is 6.15. The van der Waals surface area contributed by atoms with Crippen LogP contribution in [0.1, 0.15) is 11.1 Å². The number of para-hydroxylation sites is 4. The number of nitrogens with one attached hydrogen (secondary N) is 4. The van der Waals surface area contributed by atoms with Gasteiger partial charge in [0, 0.05) is 34.9 Å². The molecule has 0 saturated heterocycles. The fraction of sp³-hybridized carbons (Fsp3) is 0. The summed E-state index contributed by atoms with van der Waals surface area (Å²) >= 11 is 0. The highest BCUT2D eigenvalue weighted by molar-refractivity contribution is 7.86. The average Bonchev–Trinajstić information content (AvgIpc) is 3.27. The molecule has 0 bridgehead atoms. The van der Waals surface area contributed by atoms with Crippen LogP contribution in [-0.2, 0) is 20.2 Å². The van der Waals surface area contributed by atoms with Crippen LogP contribution in [0.15, 0.2) is 180 Å². The van der Waals surface area contributed by atoms with Gasteiger partial charge in [-0.3, -0.25) is 9.11 Å². The minimum Gasteiger partial charge on any atom is -0.424 e. The molecule has 2 aromatic heterocycles. The van der Waals surface area contributed by atoms with Crippen LogP contribution in [0.5, 0.6) is 23.5 Å². The first-order valence-electron chi connectivity index (χ1n) is 19.2. The molecule has 6 aromatic carbocycles. The molecule has 18 heteroatoms. The monoisotopic (exact) mass is 892 g/mol. The SMILES string of the molecule is O=S(=O)(O)c1cc(Nc2cc(Nc3ccccc3)nc(Oc3ccccc3)n2)ccc1/C=C/c1ccc(Nc2cc(Nc3ccccc3)nc(Oc3ccccc3)n2)cc1S(=O)(=O)O. The summed E-state index contributed by atoms with van der Waals surface area (Å²) in [7, 11) is -9.69. The molecule has 0 aliphatic carbocycles. The van der Waals surface area contributed by atoms with Crippen molar-refractivity contribution in [2.24, 2.45) is 0 Å². The molecular formula is C46H36N8O8S2. The van der Waals surface area contributed by atoms with Crippen molar-refractivity contribution in [3.63, 3.8) is 0 Å². The minimum absolute atomic E-state index is 0.00383. The zero-order chi connectivity index (χ0) is 44.5. The molecule has 0 spiro atoms. The number of nitrogens with zero attached hydrogens (tertiary/aromatic N) is 4. The Balaban J connectivity index is 1.07. The van der Waals surface area contributed by atoms with Crippen LogP contribution in [-0.4, -0.2) is 45.9 Å². The Morgan fingerprint density at radius 1 is 0.391 bits per heavy atom. The molecule has 8 aromatic rings. The third-order valence-corrected chi connectivity index (χ3v) is 10.8. The van der Waals surface area contributed by atoms with Crippen molar-refractivity contribution in [1.82, 2.24) is 19.9 Å². The number of rotatable bonds is 16. The average molecular weight is 893 g/mol. The second-order valence-corrected chi connectivity index (χ2v) is 16.5. The second-order valence-electron chi connectivity index (χ2n) is 13.7. The molecule has 320 valence electrons. The van der Waals surface area contributed by atoms with Gasteiger partial charge in [0.1, 0.15) is 44.6 Å². The molecule has 64 heavy (non-hydrogen) atoms.